The molecule has 0 aromatic carbocycles. The minimum absolute atomic E-state index is 0.197. The molecule has 7 heteroatoms. The van der Waals surface area contributed by atoms with Crippen LogP contribution in [0.3, 0.4) is 0 Å². The zero-order chi connectivity index (χ0) is 14.9. The zero-order valence-electron chi connectivity index (χ0n) is 11.7. The van der Waals surface area contributed by atoms with E-state index in [0.717, 1.165) is 25.9 Å². The minimum atomic E-state index is -0.592. The van der Waals surface area contributed by atoms with Gasteiger partial charge >= 0.3 is 0 Å². The van der Waals surface area contributed by atoms with Gasteiger partial charge in [-0.1, -0.05) is 0 Å². The van der Waals surface area contributed by atoms with E-state index < -0.39 is 5.91 Å². The molecule has 1 heterocycles. The summed E-state index contributed by atoms with van der Waals surface area (Å²) in [5.41, 5.74) is 11.9. The van der Waals surface area contributed by atoms with Crippen molar-refractivity contribution in [1.29, 1.82) is 0 Å². The second-order valence-corrected chi connectivity index (χ2v) is 5.81. The Bertz CT molecular complexity index is 533. The van der Waals surface area contributed by atoms with E-state index >= 15 is 0 Å². The van der Waals surface area contributed by atoms with Crippen molar-refractivity contribution in [2.75, 3.05) is 23.7 Å². The number of thiophene rings is 1. The quantitative estimate of drug-likeness (QED) is 0.733. The van der Waals surface area contributed by atoms with Crippen LogP contribution in [0.2, 0.25) is 0 Å². The highest BCUT2D eigenvalue weighted by Crippen LogP contribution is 2.38. The fourth-order valence-electron chi connectivity index (χ4n) is 2.05. The predicted molar refractivity (Wildman–Crippen MR) is 81.3 cm³/mol. The van der Waals surface area contributed by atoms with E-state index in [2.05, 4.69) is 5.32 Å². The number of amides is 2. The van der Waals surface area contributed by atoms with Crippen molar-refractivity contribution in [2.24, 2.45) is 5.73 Å². The number of anilines is 2. The van der Waals surface area contributed by atoms with Crippen LogP contribution in [0.1, 0.15) is 46.7 Å². The van der Waals surface area contributed by atoms with Gasteiger partial charge in [0.1, 0.15) is 9.88 Å². The standard InChI is InChI=1S/C13H20N4O2S/c1-3-17(4-2)13-8(11(15)18)9(14)10(20-13)12(19)16-7-5-6-7/h7H,3-6,14H2,1-2H3,(H2,15,18)(H,16,19). The fraction of sp³-hybridized carbons (Fsp3) is 0.538. The van der Waals surface area contributed by atoms with Gasteiger partial charge in [0.2, 0.25) is 0 Å². The molecular formula is C13H20N4O2S. The Morgan fingerprint density at radius 2 is 1.95 bits per heavy atom. The van der Waals surface area contributed by atoms with Crippen molar-refractivity contribution in [3.63, 3.8) is 0 Å². The second kappa shape index (κ2) is 5.70. The summed E-state index contributed by atoms with van der Waals surface area (Å²) in [7, 11) is 0. The van der Waals surface area contributed by atoms with Gasteiger partial charge in [-0.15, -0.1) is 11.3 Å². The highest BCUT2D eigenvalue weighted by molar-refractivity contribution is 7.19. The van der Waals surface area contributed by atoms with Gasteiger partial charge in [-0.05, 0) is 26.7 Å². The molecule has 110 valence electrons. The molecule has 1 saturated carbocycles. The van der Waals surface area contributed by atoms with E-state index in [-0.39, 0.29) is 23.2 Å². The molecule has 0 aliphatic heterocycles. The lowest BCUT2D eigenvalue weighted by Crippen LogP contribution is -2.25. The van der Waals surface area contributed by atoms with Gasteiger partial charge in [-0.2, -0.15) is 0 Å². The molecule has 20 heavy (non-hydrogen) atoms. The summed E-state index contributed by atoms with van der Waals surface area (Å²) in [5.74, 6) is -0.804. The normalized spacial score (nSPS) is 14.1. The molecule has 1 aliphatic rings. The van der Waals surface area contributed by atoms with Crippen LogP contribution in [0, 0.1) is 0 Å². The van der Waals surface area contributed by atoms with Crippen LogP contribution in [-0.2, 0) is 0 Å². The van der Waals surface area contributed by atoms with Crippen LogP contribution >= 0.6 is 11.3 Å². The van der Waals surface area contributed by atoms with Gasteiger partial charge in [-0.25, -0.2) is 0 Å². The summed E-state index contributed by atoms with van der Waals surface area (Å²) in [6.45, 7) is 5.41. The van der Waals surface area contributed by atoms with Gasteiger partial charge in [0.15, 0.2) is 0 Å². The third-order valence-electron chi connectivity index (χ3n) is 3.34. The maximum atomic E-state index is 12.2. The Morgan fingerprint density at radius 1 is 1.35 bits per heavy atom. The molecule has 0 atom stereocenters. The largest absolute Gasteiger partial charge is 0.397 e. The number of nitrogens with one attached hydrogen (secondary N) is 1. The van der Waals surface area contributed by atoms with E-state index in [4.69, 9.17) is 11.5 Å². The van der Waals surface area contributed by atoms with E-state index in [9.17, 15) is 9.59 Å². The molecule has 5 N–H and O–H groups in total. The van der Waals surface area contributed by atoms with Crippen molar-refractivity contribution in [1.82, 2.24) is 5.32 Å². The molecule has 0 spiro atoms. The highest BCUT2D eigenvalue weighted by atomic mass is 32.1. The van der Waals surface area contributed by atoms with Gasteiger partial charge in [0.05, 0.1) is 11.3 Å². The van der Waals surface area contributed by atoms with E-state index in [1.165, 1.54) is 11.3 Å². The Hall–Kier alpha value is -1.76. The fourth-order valence-corrected chi connectivity index (χ4v) is 3.31. The van der Waals surface area contributed by atoms with E-state index in [1.807, 2.05) is 18.7 Å². The van der Waals surface area contributed by atoms with Crippen LogP contribution < -0.4 is 21.7 Å². The Kier molecular flexibility index (Phi) is 4.17. The first-order chi connectivity index (χ1) is 9.49. The zero-order valence-corrected chi connectivity index (χ0v) is 12.5. The third kappa shape index (κ3) is 2.72. The maximum Gasteiger partial charge on any atom is 0.263 e. The van der Waals surface area contributed by atoms with Crippen LogP contribution in [-0.4, -0.2) is 30.9 Å². The number of nitrogens with zero attached hydrogens (tertiary/aromatic N) is 1. The van der Waals surface area contributed by atoms with Crippen molar-refractivity contribution in [3.8, 4) is 0 Å². The first kappa shape index (κ1) is 14.6. The third-order valence-corrected chi connectivity index (χ3v) is 4.61. The van der Waals surface area contributed by atoms with Gasteiger partial charge in [0, 0.05) is 19.1 Å². The second-order valence-electron chi connectivity index (χ2n) is 4.81. The van der Waals surface area contributed by atoms with Crippen LogP contribution in [0.5, 0.6) is 0 Å². The molecule has 1 fully saturated rings. The van der Waals surface area contributed by atoms with Crippen molar-refractivity contribution >= 4 is 33.8 Å². The lowest BCUT2D eigenvalue weighted by atomic mass is 10.2. The van der Waals surface area contributed by atoms with Crippen LogP contribution in [0.15, 0.2) is 0 Å². The summed E-state index contributed by atoms with van der Waals surface area (Å²) >= 11 is 1.24. The Morgan fingerprint density at radius 3 is 2.40 bits per heavy atom. The maximum absolute atomic E-state index is 12.2. The van der Waals surface area contributed by atoms with Crippen molar-refractivity contribution < 1.29 is 9.59 Å². The molecule has 6 nitrogen and oxygen atoms in total. The molecular weight excluding hydrogens is 276 g/mol. The molecule has 2 rings (SSSR count). The van der Waals surface area contributed by atoms with Crippen molar-refractivity contribution in [2.45, 2.75) is 32.7 Å². The molecule has 0 unspecified atom stereocenters. The molecule has 1 aromatic heterocycles. The number of hydrogen-bond donors (Lipinski definition) is 3. The Labute approximate surface area is 122 Å². The topological polar surface area (TPSA) is 101 Å². The number of primary amides is 1. The van der Waals surface area contributed by atoms with Gasteiger partial charge < -0.3 is 21.7 Å². The minimum Gasteiger partial charge on any atom is -0.397 e. The summed E-state index contributed by atoms with van der Waals surface area (Å²) in [4.78, 5) is 26.2. The predicted octanol–water partition coefficient (Wildman–Crippen LogP) is 1.17. The number of nitrogen functional groups attached to an aromatic ring is 1. The molecule has 2 amide bonds. The summed E-state index contributed by atoms with van der Waals surface area (Å²) in [6.07, 6.45) is 2.01. The lowest BCUT2D eigenvalue weighted by molar-refractivity contribution is 0.0955. The average Bonchev–Trinajstić information content (AvgIpc) is 3.13. The first-order valence-electron chi connectivity index (χ1n) is 6.77. The molecule has 0 bridgehead atoms. The molecule has 1 aliphatic carbocycles. The highest BCUT2D eigenvalue weighted by Gasteiger charge is 2.29. The number of rotatable bonds is 6. The van der Waals surface area contributed by atoms with E-state index in [0.29, 0.717) is 9.88 Å². The molecule has 0 radical (unpaired) electrons. The van der Waals surface area contributed by atoms with Gasteiger partial charge in [0.25, 0.3) is 11.8 Å². The van der Waals surface area contributed by atoms with Crippen LogP contribution in [0.25, 0.3) is 0 Å². The lowest BCUT2D eigenvalue weighted by Gasteiger charge is -2.19. The van der Waals surface area contributed by atoms with Gasteiger partial charge in [-0.3, -0.25) is 9.59 Å². The average molecular weight is 296 g/mol. The monoisotopic (exact) mass is 296 g/mol. The summed E-state index contributed by atoms with van der Waals surface area (Å²) in [5, 5.41) is 3.57. The SMILES string of the molecule is CCN(CC)c1sc(C(=O)NC2CC2)c(N)c1C(N)=O. The number of carbonyl (C=O) groups is 2. The smallest absolute Gasteiger partial charge is 0.263 e. The summed E-state index contributed by atoms with van der Waals surface area (Å²) < 4.78 is 0. The first-order valence-corrected chi connectivity index (χ1v) is 7.59. The number of hydrogen-bond acceptors (Lipinski definition) is 5. The summed E-state index contributed by atoms with van der Waals surface area (Å²) in [6, 6.07) is 0.248. The molecule has 1 aromatic rings. The van der Waals surface area contributed by atoms with E-state index in [1.54, 1.807) is 0 Å². The number of carbonyl (C=O) groups excluding carboxylic acids is 2. The Balaban J connectivity index is 2.40. The molecule has 0 saturated heterocycles. The van der Waals surface area contributed by atoms with Crippen LogP contribution in [0.4, 0.5) is 10.7 Å². The van der Waals surface area contributed by atoms with Crippen molar-refractivity contribution in [3.05, 3.63) is 10.4 Å². The number of nitrogens with two attached hydrogens (primary N) is 2.